The van der Waals surface area contributed by atoms with Gasteiger partial charge in [-0.2, -0.15) is 0 Å². The summed E-state index contributed by atoms with van der Waals surface area (Å²) in [5.41, 5.74) is 0.914. The van der Waals surface area contributed by atoms with E-state index in [1.165, 1.54) is 0 Å². The van der Waals surface area contributed by atoms with E-state index in [0.29, 0.717) is 13.0 Å². The second-order valence-electron chi connectivity index (χ2n) is 14.2. The van der Waals surface area contributed by atoms with Crippen LogP contribution in [0.1, 0.15) is 80.2 Å². The maximum absolute atomic E-state index is 12.3. The third kappa shape index (κ3) is 12.6. The number of carbonyl (C=O) groups is 1. The van der Waals surface area contributed by atoms with E-state index in [1.807, 2.05) is 30.3 Å². The fraction of sp³-hybridized carbons (Fsp3) is 0.774. The summed E-state index contributed by atoms with van der Waals surface area (Å²) in [6, 6.07) is 9.78. The van der Waals surface area contributed by atoms with Gasteiger partial charge in [-0.25, -0.2) is 4.79 Å². The molecule has 0 heterocycles. The third-order valence-electron chi connectivity index (χ3n) is 8.58. The van der Waals surface area contributed by atoms with Crippen molar-refractivity contribution in [3.63, 3.8) is 0 Å². The lowest BCUT2D eigenvalue weighted by atomic mass is 10.1. The van der Waals surface area contributed by atoms with Gasteiger partial charge in [0, 0.05) is 19.2 Å². The van der Waals surface area contributed by atoms with Gasteiger partial charge < -0.3 is 18.7 Å². The molecule has 1 rings (SSSR count). The van der Waals surface area contributed by atoms with Crippen LogP contribution < -0.4 is 0 Å². The number of hydrogen-bond donors (Lipinski definition) is 1. The monoisotopic (exact) mass is 581 g/mol. The summed E-state index contributed by atoms with van der Waals surface area (Å²) in [7, 11) is -3.73. The molecule has 0 aliphatic heterocycles. The van der Waals surface area contributed by atoms with Gasteiger partial charge in [0.1, 0.15) is 6.61 Å². The zero-order valence-electron chi connectivity index (χ0n) is 27.1. The summed E-state index contributed by atoms with van der Waals surface area (Å²) >= 11 is 0. The van der Waals surface area contributed by atoms with Crippen LogP contribution >= 0.6 is 0 Å². The van der Waals surface area contributed by atoms with Crippen LogP contribution in [0.4, 0.5) is 0 Å². The van der Waals surface area contributed by atoms with Gasteiger partial charge in [-0.3, -0.25) is 4.90 Å². The Morgan fingerprint density at radius 3 is 2.03 bits per heavy atom. The molecule has 0 spiro atoms. The van der Waals surface area contributed by atoms with Crippen LogP contribution in [0.15, 0.2) is 30.3 Å². The van der Waals surface area contributed by atoms with Gasteiger partial charge in [0.2, 0.25) is 0 Å². The highest BCUT2D eigenvalue weighted by Gasteiger charge is 2.39. The molecule has 226 valence electrons. The van der Waals surface area contributed by atoms with Crippen molar-refractivity contribution >= 4 is 22.6 Å². The van der Waals surface area contributed by atoms with Crippen molar-refractivity contribution < 1.29 is 23.5 Å². The number of rotatable bonds is 16. The Labute approximate surface area is 242 Å². The Balaban J connectivity index is 2.71. The fourth-order valence-electron chi connectivity index (χ4n) is 3.79. The van der Waals surface area contributed by atoms with Crippen molar-refractivity contribution in [3.8, 4) is 0 Å². The molecule has 0 bridgehead atoms. The van der Waals surface area contributed by atoms with E-state index < -0.39 is 28.7 Å². The minimum Gasteiger partial charge on any atom is -0.459 e. The Morgan fingerprint density at radius 2 is 1.49 bits per heavy atom. The standard InChI is InChI=1S/C31H59NO5Si2/c1-25(23-36-38(9,10)30(3,4)5)32(22-26(2)37-39(11,12)31(6,7)8)21-17-16-20-28(33)29(34)35-24-27-18-14-13-15-19-27/h13-15,18-19,25-26,28,33H,16-17,20-24H2,1-12H3. The van der Waals surface area contributed by atoms with E-state index in [0.717, 1.165) is 31.5 Å². The molecule has 3 unspecified atom stereocenters. The Morgan fingerprint density at radius 1 is 0.923 bits per heavy atom. The number of benzene rings is 1. The summed E-state index contributed by atoms with van der Waals surface area (Å²) in [4.78, 5) is 14.7. The average Bonchev–Trinajstić information content (AvgIpc) is 2.81. The van der Waals surface area contributed by atoms with Crippen LogP contribution in [0.5, 0.6) is 0 Å². The van der Waals surface area contributed by atoms with E-state index in [9.17, 15) is 9.90 Å². The predicted molar refractivity (Wildman–Crippen MR) is 168 cm³/mol. The topological polar surface area (TPSA) is 68.2 Å². The summed E-state index contributed by atoms with van der Waals surface area (Å²) in [5.74, 6) is -0.553. The van der Waals surface area contributed by atoms with Gasteiger partial charge in [0.25, 0.3) is 0 Å². The highest BCUT2D eigenvalue weighted by Crippen LogP contribution is 2.38. The van der Waals surface area contributed by atoms with E-state index >= 15 is 0 Å². The number of unbranched alkanes of at least 4 members (excludes halogenated alkanes) is 1. The third-order valence-corrected chi connectivity index (χ3v) is 17.7. The minimum absolute atomic E-state index is 0.111. The molecule has 0 fully saturated rings. The molecule has 0 saturated carbocycles. The van der Waals surface area contributed by atoms with Crippen LogP contribution in [0.3, 0.4) is 0 Å². The molecule has 6 nitrogen and oxygen atoms in total. The highest BCUT2D eigenvalue weighted by atomic mass is 28.4. The van der Waals surface area contributed by atoms with Crippen LogP contribution in [0, 0.1) is 0 Å². The van der Waals surface area contributed by atoms with Crippen molar-refractivity contribution in [2.75, 3.05) is 19.7 Å². The fourth-order valence-corrected chi connectivity index (χ4v) is 6.31. The molecule has 8 heteroatoms. The quantitative estimate of drug-likeness (QED) is 0.125. The molecule has 0 radical (unpaired) electrons. The van der Waals surface area contributed by atoms with Gasteiger partial charge in [0.15, 0.2) is 22.7 Å². The molecular weight excluding hydrogens is 523 g/mol. The largest absolute Gasteiger partial charge is 0.459 e. The number of hydrogen-bond acceptors (Lipinski definition) is 6. The predicted octanol–water partition coefficient (Wildman–Crippen LogP) is 7.38. The summed E-state index contributed by atoms with van der Waals surface area (Å²) in [6.07, 6.45) is 1.03. The number of aliphatic hydroxyl groups is 1. The van der Waals surface area contributed by atoms with Crippen LogP contribution in [-0.2, 0) is 25.0 Å². The number of esters is 1. The summed E-state index contributed by atoms with van der Waals surface area (Å²) in [6.45, 7) is 29.8. The lowest BCUT2D eigenvalue weighted by molar-refractivity contribution is -0.155. The lowest BCUT2D eigenvalue weighted by Crippen LogP contribution is -2.49. The zero-order chi connectivity index (χ0) is 30.1. The average molecular weight is 582 g/mol. The molecular formula is C31H59NO5Si2. The maximum atomic E-state index is 12.3. The summed E-state index contributed by atoms with van der Waals surface area (Å²) < 4.78 is 18.6. The summed E-state index contributed by atoms with van der Waals surface area (Å²) in [5, 5.41) is 10.7. The second kappa shape index (κ2) is 15.3. The number of carbonyl (C=O) groups excluding carboxylic acids is 1. The Kier molecular flexibility index (Phi) is 14.1. The van der Waals surface area contributed by atoms with Crippen LogP contribution in [0.2, 0.25) is 36.3 Å². The molecule has 1 aromatic rings. The molecule has 0 aromatic heterocycles. The minimum atomic E-state index is -1.88. The highest BCUT2D eigenvalue weighted by molar-refractivity contribution is 6.74. The van der Waals surface area contributed by atoms with Crippen LogP contribution in [0.25, 0.3) is 0 Å². The maximum Gasteiger partial charge on any atom is 0.335 e. The van der Waals surface area contributed by atoms with Gasteiger partial charge >= 0.3 is 5.97 Å². The van der Waals surface area contributed by atoms with Gasteiger partial charge in [-0.05, 0) is 81.5 Å². The Hall–Kier alpha value is -1.04. The number of ether oxygens (including phenoxy) is 1. The first-order chi connectivity index (χ1) is 17.8. The first-order valence-corrected chi connectivity index (χ1v) is 20.5. The lowest BCUT2D eigenvalue weighted by Gasteiger charge is -2.41. The van der Waals surface area contributed by atoms with Gasteiger partial charge in [-0.15, -0.1) is 0 Å². The smallest absolute Gasteiger partial charge is 0.335 e. The van der Waals surface area contributed by atoms with Crippen molar-refractivity contribution in [1.82, 2.24) is 4.90 Å². The van der Waals surface area contributed by atoms with E-state index in [2.05, 4.69) is 86.5 Å². The van der Waals surface area contributed by atoms with Crippen molar-refractivity contribution in [3.05, 3.63) is 35.9 Å². The van der Waals surface area contributed by atoms with E-state index in [-0.39, 0.29) is 28.8 Å². The number of aliphatic hydroxyl groups excluding tert-OH is 1. The van der Waals surface area contributed by atoms with Crippen molar-refractivity contribution in [2.45, 2.75) is 136 Å². The first kappa shape index (κ1) is 36.0. The van der Waals surface area contributed by atoms with E-state index in [1.54, 1.807) is 0 Å². The molecule has 0 amide bonds. The number of nitrogens with zero attached hydrogens (tertiary/aromatic N) is 1. The molecule has 0 aliphatic carbocycles. The second-order valence-corrected chi connectivity index (χ2v) is 23.8. The van der Waals surface area contributed by atoms with Crippen LogP contribution in [-0.4, -0.2) is 70.6 Å². The SMILES string of the molecule is CC(CN(CCCCC(O)C(=O)OCc1ccccc1)C(C)CO[Si](C)(C)C(C)(C)C)O[Si](C)(C)C(C)(C)C. The van der Waals surface area contributed by atoms with E-state index in [4.69, 9.17) is 13.6 Å². The molecule has 0 aliphatic rings. The molecule has 3 atom stereocenters. The normalized spacial score (nSPS) is 15.7. The van der Waals surface area contributed by atoms with Crippen molar-refractivity contribution in [1.29, 1.82) is 0 Å². The zero-order valence-corrected chi connectivity index (χ0v) is 29.1. The van der Waals surface area contributed by atoms with Gasteiger partial charge in [0.05, 0.1) is 6.10 Å². The molecule has 1 N–H and O–H groups in total. The first-order valence-electron chi connectivity index (χ1n) is 14.7. The molecule has 0 saturated heterocycles. The van der Waals surface area contributed by atoms with Crippen molar-refractivity contribution in [2.24, 2.45) is 0 Å². The Bertz CT molecular complexity index is 849. The molecule has 1 aromatic carbocycles. The van der Waals surface area contributed by atoms with Gasteiger partial charge in [-0.1, -0.05) is 71.9 Å². The molecule has 39 heavy (non-hydrogen) atoms.